The molecule has 1 aromatic heterocycles. The lowest BCUT2D eigenvalue weighted by Gasteiger charge is -2.15. The first-order valence-electron chi connectivity index (χ1n) is 11.3. The number of halogens is 1. The largest absolute Gasteiger partial charge is 0.494 e. The Morgan fingerprint density at radius 1 is 1.18 bits per heavy atom. The maximum atomic E-state index is 13.2. The number of hydrogen-bond donors (Lipinski definition) is 2. The Morgan fingerprint density at radius 3 is 2.65 bits per heavy atom. The molecule has 10 heteroatoms. The first kappa shape index (κ1) is 24.0. The van der Waals surface area contributed by atoms with Crippen molar-refractivity contribution in [1.29, 1.82) is 0 Å². The smallest absolute Gasteiger partial charge is 0.234 e. The van der Waals surface area contributed by atoms with Crippen LogP contribution in [0.1, 0.15) is 25.6 Å². The summed E-state index contributed by atoms with van der Waals surface area (Å²) in [6.07, 6.45) is 2.10. The number of thioether (sulfide) groups is 1. The van der Waals surface area contributed by atoms with Crippen LogP contribution >= 0.6 is 11.8 Å². The van der Waals surface area contributed by atoms with Gasteiger partial charge in [-0.2, -0.15) is 0 Å². The minimum atomic E-state index is -0.283. The molecule has 8 nitrogen and oxygen atoms in total. The molecule has 0 aliphatic carbocycles. The molecule has 0 saturated carbocycles. The van der Waals surface area contributed by atoms with Crippen molar-refractivity contribution in [2.24, 2.45) is 0 Å². The quantitative estimate of drug-likeness (QED) is 0.391. The van der Waals surface area contributed by atoms with E-state index in [0.717, 1.165) is 36.7 Å². The monoisotopic (exact) mass is 485 g/mol. The van der Waals surface area contributed by atoms with Gasteiger partial charge in [-0.25, -0.2) is 4.39 Å². The number of nitrogens with zero attached hydrogens (tertiary/aromatic N) is 3. The molecule has 1 aliphatic rings. The summed E-state index contributed by atoms with van der Waals surface area (Å²) in [6.45, 7) is 4.31. The third-order valence-corrected chi connectivity index (χ3v) is 6.25. The van der Waals surface area contributed by atoms with E-state index in [0.29, 0.717) is 30.5 Å². The van der Waals surface area contributed by atoms with Crippen molar-refractivity contribution < 1.29 is 18.7 Å². The van der Waals surface area contributed by atoms with Crippen molar-refractivity contribution in [3.63, 3.8) is 0 Å². The molecule has 2 aromatic carbocycles. The van der Waals surface area contributed by atoms with Crippen LogP contribution in [0, 0.1) is 5.82 Å². The average Bonchev–Trinajstić information content (AvgIpc) is 3.49. The van der Waals surface area contributed by atoms with E-state index in [1.807, 2.05) is 35.8 Å². The van der Waals surface area contributed by atoms with Crippen LogP contribution in [0.4, 0.5) is 15.8 Å². The minimum absolute atomic E-state index is 0.0950. The van der Waals surface area contributed by atoms with Crippen molar-refractivity contribution in [3.05, 3.63) is 60.2 Å². The lowest BCUT2D eigenvalue weighted by molar-refractivity contribution is -0.113. The van der Waals surface area contributed by atoms with Gasteiger partial charge < -0.3 is 24.7 Å². The molecular weight excluding hydrogens is 457 g/mol. The highest BCUT2D eigenvalue weighted by Crippen LogP contribution is 2.23. The average molecular weight is 486 g/mol. The maximum Gasteiger partial charge on any atom is 0.234 e. The van der Waals surface area contributed by atoms with E-state index in [-0.39, 0.29) is 23.6 Å². The molecule has 1 saturated heterocycles. The molecule has 1 unspecified atom stereocenters. The SMILES string of the molecule is CCOc1ccc(NC(=O)CSc2nnc(CNc3ccc(F)cc3)n2CC2CCCO2)cc1. The Kier molecular flexibility index (Phi) is 8.37. The van der Waals surface area contributed by atoms with Gasteiger partial charge in [0.1, 0.15) is 11.6 Å². The van der Waals surface area contributed by atoms with Gasteiger partial charge in [0, 0.05) is 18.0 Å². The number of carbonyl (C=O) groups is 1. The molecule has 0 spiro atoms. The molecule has 34 heavy (non-hydrogen) atoms. The van der Waals surface area contributed by atoms with Gasteiger partial charge in [-0.15, -0.1) is 10.2 Å². The lowest BCUT2D eigenvalue weighted by Crippen LogP contribution is -2.20. The summed E-state index contributed by atoms with van der Waals surface area (Å²) < 4.78 is 26.4. The number of ether oxygens (including phenoxy) is 2. The van der Waals surface area contributed by atoms with Crippen LogP contribution < -0.4 is 15.4 Å². The number of amides is 1. The van der Waals surface area contributed by atoms with E-state index in [9.17, 15) is 9.18 Å². The van der Waals surface area contributed by atoms with Crippen molar-refractivity contribution >= 4 is 29.0 Å². The number of nitrogens with one attached hydrogen (secondary N) is 2. The molecule has 1 aliphatic heterocycles. The lowest BCUT2D eigenvalue weighted by atomic mass is 10.2. The van der Waals surface area contributed by atoms with Gasteiger partial charge in [0.2, 0.25) is 5.91 Å². The Morgan fingerprint density at radius 2 is 1.94 bits per heavy atom. The zero-order valence-corrected chi connectivity index (χ0v) is 19.8. The van der Waals surface area contributed by atoms with Gasteiger partial charge in [0.25, 0.3) is 0 Å². The second kappa shape index (κ2) is 11.8. The molecule has 3 aromatic rings. The molecule has 180 valence electrons. The molecule has 2 N–H and O–H groups in total. The second-order valence-electron chi connectivity index (χ2n) is 7.80. The third kappa shape index (κ3) is 6.71. The number of benzene rings is 2. The van der Waals surface area contributed by atoms with Crippen LogP contribution in [-0.2, 0) is 22.6 Å². The second-order valence-corrected chi connectivity index (χ2v) is 8.74. The Hall–Kier alpha value is -3.11. The van der Waals surface area contributed by atoms with Crippen molar-refractivity contribution in [2.75, 3.05) is 29.6 Å². The fourth-order valence-corrected chi connectivity index (χ4v) is 4.38. The van der Waals surface area contributed by atoms with E-state index >= 15 is 0 Å². The summed E-state index contributed by atoms with van der Waals surface area (Å²) >= 11 is 1.33. The summed E-state index contributed by atoms with van der Waals surface area (Å²) in [5.74, 6) is 1.27. The molecule has 1 atom stereocenters. The first-order chi connectivity index (χ1) is 16.6. The van der Waals surface area contributed by atoms with Gasteiger partial charge >= 0.3 is 0 Å². The standard InChI is InChI=1S/C24H28FN5O3S/c1-2-32-20-11-9-19(10-12-20)27-23(31)16-34-24-29-28-22(30(24)15-21-4-3-13-33-21)14-26-18-7-5-17(25)6-8-18/h5-12,21,26H,2-4,13-16H2,1H3,(H,27,31). The number of aromatic nitrogens is 3. The van der Waals surface area contributed by atoms with E-state index in [4.69, 9.17) is 9.47 Å². The minimum Gasteiger partial charge on any atom is -0.494 e. The number of anilines is 2. The van der Waals surface area contributed by atoms with Crippen LogP contribution in [0.3, 0.4) is 0 Å². The molecular formula is C24H28FN5O3S. The number of rotatable bonds is 11. The fourth-order valence-electron chi connectivity index (χ4n) is 3.61. The van der Waals surface area contributed by atoms with Gasteiger partial charge in [0.15, 0.2) is 11.0 Å². The normalized spacial score (nSPS) is 15.3. The number of carbonyl (C=O) groups excluding carboxylic acids is 1. The summed E-state index contributed by atoms with van der Waals surface area (Å²) in [5.41, 5.74) is 1.50. The van der Waals surface area contributed by atoms with E-state index in [1.54, 1.807) is 12.1 Å². The van der Waals surface area contributed by atoms with Gasteiger partial charge in [-0.3, -0.25) is 4.79 Å². The number of hydrogen-bond acceptors (Lipinski definition) is 7. The fraction of sp³-hybridized carbons (Fsp3) is 0.375. The summed E-state index contributed by atoms with van der Waals surface area (Å²) in [7, 11) is 0. The topological polar surface area (TPSA) is 90.3 Å². The van der Waals surface area contributed by atoms with Crippen LogP contribution in [0.5, 0.6) is 5.75 Å². The predicted molar refractivity (Wildman–Crippen MR) is 130 cm³/mol. The molecule has 2 heterocycles. The van der Waals surface area contributed by atoms with Crippen LogP contribution in [0.25, 0.3) is 0 Å². The third-order valence-electron chi connectivity index (χ3n) is 5.28. The van der Waals surface area contributed by atoms with Gasteiger partial charge in [-0.1, -0.05) is 11.8 Å². The van der Waals surface area contributed by atoms with Crippen LogP contribution in [0.2, 0.25) is 0 Å². The zero-order valence-electron chi connectivity index (χ0n) is 19.0. The summed E-state index contributed by atoms with van der Waals surface area (Å²) in [6, 6.07) is 13.4. The van der Waals surface area contributed by atoms with Gasteiger partial charge in [0.05, 0.1) is 31.6 Å². The van der Waals surface area contributed by atoms with Crippen molar-refractivity contribution in [2.45, 2.75) is 44.1 Å². The van der Waals surface area contributed by atoms with Crippen LogP contribution in [-0.4, -0.2) is 45.7 Å². The van der Waals surface area contributed by atoms with Gasteiger partial charge in [-0.05, 0) is 68.3 Å². The Bertz CT molecular complexity index is 1070. The maximum absolute atomic E-state index is 13.2. The molecule has 1 fully saturated rings. The predicted octanol–water partition coefficient (Wildman–Crippen LogP) is 4.34. The molecule has 0 radical (unpaired) electrons. The first-order valence-corrected chi connectivity index (χ1v) is 12.3. The Labute approximate surface area is 202 Å². The zero-order chi connectivity index (χ0) is 23.8. The van der Waals surface area contributed by atoms with Crippen molar-refractivity contribution in [1.82, 2.24) is 14.8 Å². The highest BCUT2D eigenvalue weighted by molar-refractivity contribution is 7.99. The molecule has 0 bridgehead atoms. The summed E-state index contributed by atoms with van der Waals surface area (Å²) in [5, 5.41) is 15.5. The summed E-state index contributed by atoms with van der Waals surface area (Å²) in [4.78, 5) is 12.5. The van der Waals surface area contributed by atoms with E-state index in [2.05, 4.69) is 20.8 Å². The highest BCUT2D eigenvalue weighted by atomic mass is 32.2. The molecule has 1 amide bonds. The van der Waals surface area contributed by atoms with E-state index < -0.39 is 0 Å². The molecule has 4 rings (SSSR count). The van der Waals surface area contributed by atoms with Crippen molar-refractivity contribution in [3.8, 4) is 5.75 Å². The highest BCUT2D eigenvalue weighted by Gasteiger charge is 2.21. The van der Waals surface area contributed by atoms with Crippen LogP contribution in [0.15, 0.2) is 53.7 Å². The Balaban J connectivity index is 1.38. The van der Waals surface area contributed by atoms with E-state index in [1.165, 1.54) is 23.9 Å².